The van der Waals surface area contributed by atoms with Crippen LogP contribution in [-0.2, 0) is 31.4 Å². The first-order valence-electron chi connectivity index (χ1n) is 9.05. The van der Waals surface area contributed by atoms with Crippen LogP contribution in [0.1, 0.15) is 42.5 Å². The third-order valence-corrected chi connectivity index (χ3v) is 4.99. The van der Waals surface area contributed by atoms with E-state index >= 15 is 0 Å². The van der Waals surface area contributed by atoms with Gasteiger partial charge >= 0.3 is 0 Å². The van der Waals surface area contributed by atoms with Gasteiger partial charge in [-0.2, -0.15) is 10.2 Å². The van der Waals surface area contributed by atoms with Crippen molar-refractivity contribution in [3.63, 3.8) is 0 Å². The van der Waals surface area contributed by atoms with Crippen LogP contribution in [0.3, 0.4) is 0 Å². The minimum atomic E-state index is 0.415. The monoisotopic (exact) mass is 329 g/mol. The second-order valence-electron chi connectivity index (χ2n) is 7.24. The quantitative estimate of drug-likeness (QED) is 0.781. The first-order chi connectivity index (χ1) is 11.7. The largest absolute Gasteiger partial charge is 0.381 e. The SMILES string of the molecule is CCOCC1CN(Cc2cnn(C)c2)Cc2nn(CC3CC3)cc21. The van der Waals surface area contributed by atoms with Gasteiger partial charge in [0.1, 0.15) is 0 Å². The van der Waals surface area contributed by atoms with E-state index in [4.69, 9.17) is 9.84 Å². The van der Waals surface area contributed by atoms with Crippen LogP contribution in [0.25, 0.3) is 0 Å². The smallest absolute Gasteiger partial charge is 0.0801 e. The molecule has 0 N–H and O–H groups in total. The Morgan fingerprint density at radius 3 is 2.88 bits per heavy atom. The molecule has 130 valence electrons. The van der Waals surface area contributed by atoms with Crippen LogP contribution in [-0.4, -0.2) is 44.2 Å². The molecule has 0 spiro atoms. The second-order valence-corrected chi connectivity index (χ2v) is 7.24. The van der Waals surface area contributed by atoms with Crippen molar-refractivity contribution in [2.45, 2.75) is 45.3 Å². The van der Waals surface area contributed by atoms with E-state index in [9.17, 15) is 0 Å². The average molecular weight is 329 g/mol. The van der Waals surface area contributed by atoms with Crippen molar-refractivity contribution in [2.75, 3.05) is 19.8 Å². The molecule has 24 heavy (non-hydrogen) atoms. The molecule has 1 fully saturated rings. The van der Waals surface area contributed by atoms with Gasteiger partial charge in [-0.3, -0.25) is 14.3 Å². The Hall–Kier alpha value is -1.66. The van der Waals surface area contributed by atoms with Crippen LogP contribution in [0.2, 0.25) is 0 Å². The fraction of sp³-hybridized carbons (Fsp3) is 0.667. The minimum absolute atomic E-state index is 0.415. The first kappa shape index (κ1) is 15.8. The molecule has 6 nitrogen and oxygen atoms in total. The number of hydrogen-bond donors (Lipinski definition) is 0. The van der Waals surface area contributed by atoms with Gasteiger partial charge in [-0.25, -0.2) is 0 Å². The van der Waals surface area contributed by atoms with Crippen LogP contribution in [0.5, 0.6) is 0 Å². The summed E-state index contributed by atoms with van der Waals surface area (Å²) in [5.74, 6) is 1.27. The van der Waals surface area contributed by atoms with E-state index in [2.05, 4.69) is 34.0 Å². The molecule has 2 aromatic heterocycles. The van der Waals surface area contributed by atoms with E-state index in [0.717, 1.165) is 45.3 Å². The predicted octanol–water partition coefficient (Wildman–Crippen LogP) is 2.16. The summed E-state index contributed by atoms with van der Waals surface area (Å²) in [4.78, 5) is 2.47. The summed E-state index contributed by atoms with van der Waals surface area (Å²) in [7, 11) is 1.97. The summed E-state index contributed by atoms with van der Waals surface area (Å²) in [6.07, 6.45) is 9.05. The molecule has 1 saturated carbocycles. The first-order valence-corrected chi connectivity index (χ1v) is 9.05. The number of aryl methyl sites for hydroxylation is 1. The molecular formula is C18H27N5O. The Bertz CT molecular complexity index is 687. The van der Waals surface area contributed by atoms with Crippen molar-refractivity contribution in [2.24, 2.45) is 13.0 Å². The third kappa shape index (κ3) is 3.54. The molecule has 4 rings (SSSR count). The van der Waals surface area contributed by atoms with Crippen molar-refractivity contribution < 1.29 is 4.74 Å². The molecular weight excluding hydrogens is 302 g/mol. The highest BCUT2D eigenvalue weighted by Gasteiger charge is 2.30. The zero-order valence-corrected chi connectivity index (χ0v) is 14.7. The van der Waals surface area contributed by atoms with Crippen molar-refractivity contribution in [3.05, 3.63) is 35.4 Å². The molecule has 0 amide bonds. The van der Waals surface area contributed by atoms with Gasteiger partial charge < -0.3 is 4.74 Å². The summed E-state index contributed by atoms with van der Waals surface area (Å²) in [6.45, 7) is 7.56. The van der Waals surface area contributed by atoms with Gasteiger partial charge in [0.25, 0.3) is 0 Å². The Labute approximate surface area is 143 Å². The summed E-state index contributed by atoms with van der Waals surface area (Å²) in [5, 5.41) is 9.17. The van der Waals surface area contributed by atoms with E-state index < -0.39 is 0 Å². The number of ether oxygens (including phenoxy) is 1. The molecule has 0 radical (unpaired) electrons. The van der Waals surface area contributed by atoms with Crippen LogP contribution in [0, 0.1) is 5.92 Å². The molecule has 3 heterocycles. The molecule has 1 atom stereocenters. The highest BCUT2D eigenvalue weighted by Crippen LogP contribution is 2.33. The maximum Gasteiger partial charge on any atom is 0.0801 e. The molecule has 1 aliphatic heterocycles. The Balaban J connectivity index is 1.51. The fourth-order valence-electron chi connectivity index (χ4n) is 3.62. The standard InChI is InChI=1S/C18H27N5O/c1-3-24-13-16-10-22(8-15-6-19-21(2)7-15)12-18-17(16)11-23(20-18)9-14-4-5-14/h6-7,11,14,16H,3-5,8-10,12-13H2,1-2H3. The van der Waals surface area contributed by atoms with E-state index in [1.807, 2.05) is 17.9 Å². The molecule has 0 aromatic carbocycles. The van der Waals surface area contributed by atoms with Crippen molar-refractivity contribution >= 4 is 0 Å². The van der Waals surface area contributed by atoms with Crippen molar-refractivity contribution in [3.8, 4) is 0 Å². The number of rotatable bonds is 7. The molecule has 0 saturated heterocycles. The molecule has 1 unspecified atom stereocenters. The molecule has 2 aromatic rings. The third-order valence-electron chi connectivity index (χ3n) is 4.99. The number of nitrogens with zero attached hydrogens (tertiary/aromatic N) is 5. The predicted molar refractivity (Wildman–Crippen MR) is 91.5 cm³/mol. The zero-order chi connectivity index (χ0) is 16.5. The number of fused-ring (bicyclic) bond motifs is 1. The maximum absolute atomic E-state index is 5.76. The lowest BCUT2D eigenvalue weighted by molar-refractivity contribution is 0.105. The lowest BCUT2D eigenvalue weighted by Gasteiger charge is -2.31. The highest BCUT2D eigenvalue weighted by atomic mass is 16.5. The summed E-state index contributed by atoms with van der Waals surface area (Å²) in [5.41, 5.74) is 3.88. The summed E-state index contributed by atoms with van der Waals surface area (Å²) in [6, 6.07) is 0. The lowest BCUT2D eigenvalue weighted by atomic mass is 9.95. The van der Waals surface area contributed by atoms with Crippen LogP contribution in [0.15, 0.2) is 18.6 Å². The molecule has 6 heteroatoms. The number of aromatic nitrogens is 4. The van der Waals surface area contributed by atoms with Gasteiger partial charge in [0, 0.05) is 69.3 Å². The van der Waals surface area contributed by atoms with Crippen molar-refractivity contribution in [1.29, 1.82) is 0 Å². The zero-order valence-electron chi connectivity index (χ0n) is 14.7. The Morgan fingerprint density at radius 2 is 2.17 bits per heavy atom. The van der Waals surface area contributed by atoms with Gasteiger partial charge in [-0.1, -0.05) is 0 Å². The topological polar surface area (TPSA) is 48.1 Å². The van der Waals surface area contributed by atoms with Crippen LogP contribution < -0.4 is 0 Å². The molecule has 0 bridgehead atoms. The van der Waals surface area contributed by atoms with E-state index in [1.165, 1.54) is 29.7 Å². The van der Waals surface area contributed by atoms with Gasteiger partial charge in [-0.05, 0) is 25.7 Å². The van der Waals surface area contributed by atoms with Gasteiger partial charge in [-0.15, -0.1) is 0 Å². The average Bonchev–Trinajstić information content (AvgIpc) is 3.13. The van der Waals surface area contributed by atoms with E-state index in [-0.39, 0.29) is 0 Å². The van der Waals surface area contributed by atoms with E-state index in [1.54, 1.807) is 0 Å². The highest BCUT2D eigenvalue weighted by molar-refractivity contribution is 5.26. The fourth-order valence-corrected chi connectivity index (χ4v) is 3.62. The lowest BCUT2D eigenvalue weighted by Crippen LogP contribution is -2.34. The Kier molecular flexibility index (Phi) is 4.41. The summed E-state index contributed by atoms with van der Waals surface area (Å²) >= 11 is 0. The maximum atomic E-state index is 5.76. The molecule has 1 aliphatic carbocycles. The van der Waals surface area contributed by atoms with Crippen LogP contribution >= 0.6 is 0 Å². The van der Waals surface area contributed by atoms with Gasteiger partial charge in [0.05, 0.1) is 18.5 Å². The number of hydrogen-bond acceptors (Lipinski definition) is 4. The van der Waals surface area contributed by atoms with Gasteiger partial charge in [0.2, 0.25) is 0 Å². The van der Waals surface area contributed by atoms with Crippen molar-refractivity contribution in [1.82, 2.24) is 24.5 Å². The summed E-state index contributed by atoms with van der Waals surface area (Å²) < 4.78 is 9.80. The second kappa shape index (κ2) is 6.69. The Morgan fingerprint density at radius 1 is 1.29 bits per heavy atom. The molecule has 2 aliphatic rings. The van der Waals surface area contributed by atoms with E-state index in [0.29, 0.717) is 5.92 Å². The van der Waals surface area contributed by atoms with Gasteiger partial charge in [0.15, 0.2) is 0 Å². The minimum Gasteiger partial charge on any atom is -0.381 e. The van der Waals surface area contributed by atoms with Crippen LogP contribution in [0.4, 0.5) is 0 Å². The normalized spacial score (nSPS) is 21.2.